The number of amides is 1. The Balaban J connectivity index is 1.62. The number of nitrogens with one attached hydrogen (secondary N) is 1. The summed E-state index contributed by atoms with van der Waals surface area (Å²) < 4.78 is 53.6. The molecule has 1 saturated heterocycles. The number of halogens is 3. The zero-order chi connectivity index (χ0) is 21.2. The highest BCUT2D eigenvalue weighted by Crippen LogP contribution is 2.24. The Morgan fingerprint density at radius 1 is 1.10 bits per heavy atom. The summed E-state index contributed by atoms with van der Waals surface area (Å²) in [5, 5.41) is 2.74. The molecule has 1 atom stereocenters. The third-order valence-electron chi connectivity index (χ3n) is 4.84. The van der Waals surface area contributed by atoms with E-state index in [1.54, 1.807) is 6.92 Å². The van der Waals surface area contributed by atoms with Crippen LogP contribution in [0.25, 0.3) is 0 Å². The molecule has 1 aliphatic rings. The first-order valence-corrected chi connectivity index (χ1v) is 10.8. The van der Waals surface area contributed by atoms with Crippen LogP contribution >= 0.6 is 11.6 Å². The number of anilines is 1. The first-order valence-electron chi connectivity index (χ1n) is 8.95. The van der Waals surface area contributed by atoms with Gasteiger partial charge in [0.1, 0.15) is 16.5 Å². The average molecular weight is 444 g/mol. The Morgan fingerprint density at radius 2 is 1.76 bits per heavy atom. The predicted octanol–water partition coefficient (Wildman–Crippen LogP) is 2.95. The van der Waals surface area contributed by atoms with E-state index in [1.165, 1.54) is 34.6 Å². The van der Waals surface area contributed by atoms with Crippen molar-refractivity contribution in [2.24, 2.45) is 0 Å². The molecule has 0 bridgehead atoms. The zero-order valence-electron chi connectivity index (χ0n) is 15.6. The van der Waals surface area contributed by atoms with Gasteiger partial charge in [0.05, 0.1) is 16.8 Å². The van der Waals surface area contributed by atoms with Crippen molar-refractivity contribution in [3.63, 3.8) is 0 Å². The van der Waals surface area contributed by atoms with Gasteiger partial charge in [0.2, 0.25) is 15.9 Å². The van der Waals surface area contributed by atoms with Gasteiger partial charge in [0.25, 0.3) is 0 Å². The number of benzene rings is 2. The molecule has 1 N–H and O–H groups in total. The summed E-state index contributed by atoms with van der Waals surface area (Å²) in [6.45, 7) is 2.56. The number of carbonyl (C=O) groups is 1. The summed E-state index contributed by atoms with van der Waals surface area (Å²) in [5.41, 5.74) is 0.297. The number of sulfonamides is 1. The van der Waals surface area contributed by atoms with E-state index in [4.69, 9.17) is 11.6 Å². The number of nitrogens with zero attached hydrogens (tertiary/aromatic N) is 2. The third kappa shape index (κ3) is 4.75. The molecule has 156 valence electrons. The molecule has 2 aromatic carbocycles. The van der Waals surface area contributed by atoms with E-state index < -0.39 is 27.7 Å². The standard InChI is InChI=1S/C19H20ClF2N3O3S/c1-13(19(26)23-17-7-6-14(21)12-15(17)20)24-8-10-25(11-9-24)29(27,28)18-5-3-2-4-16(18)22/h2-7,12-13H,8-11H2,1H3,(H,23,26). The summed E-state index contributed by atoms with van der Waals surface area (Å²) in [6, 6.07) is 8.36. The fourth-order valence-corrected chi connectivity index (χ4v) is 4.82. The molecule has 0 radical (unpaired) electrons. The molecule has 1 unspecified atom stereocenters. The van der Waals surface area contributed by atoms with Gasteiger partial charge in [-0.25, -0.2) is 17.2 Å². The molecular weight excluding hydrogens is 424 g/mol. The van der Waals surface area contributed by atoms with Crippen molar-refractivity contribution in [2.75, 3.05) is 31.5 Å². The Labute approximate surface area is 173 Å². The van der Waals surface area contributed by atoms with Gasteiger partial charge < -0.3 is 5.32 Å². The number of hydrogen-bond acceptors (Lipinski definition) is 4. The minimum absolute atomic E-state index is 0.0892. The highest BCUT2D eigenvalue weighted by Gasteiger charge is 2.33. The van der Waals surface area contributed by atoms with Gasteiger partial charge in [-0.05, 0) is 37.3 Å². The minimum atomic E-state index is -3.94. The topological polar surface area (TPSA) is 69.7 Å². The lowest BCUT2D eigenvalue weighted by Crippen LogP contribution is -2.54. The van der Waals surface area contributed by atoms with Crippen LogP contribution in [0.4, 0.5) is 14.5 Å². The molecule has 1 aliphatic heterocycles. The Kier molecular flexibility index (Phi) is 6.52. The summed E-state index contributed by atoms with van der Waals surface area (Å²) in [6.07, 6.45) is 0. The maximum atomic E-state index is 13.9. The van der Waals surface area contributed by atoms with E-state index in [-0.39, 0.29) is 28.9 Å². The summed E-state index contributed by atoms with van der Waals surface area (Å²) in [7, 11) is -3.94. The summed E-state index contributed by atoms with van der Waals surface area (Å²) in [4.78, 5) is 14.0. The van der Waals surface area contributed by atoms with Crippen LogP contribution in [0.2, 0.25) is 5.02 Å². The largest absolute Gasteiger partial charge is 0.323 e. The van der Waals surface area contributed by atoms with E-state index >= 15 is 0 Å². The van der Waals surface area contributed by atoms with Gasteiger partial charge in [-0.15, -0.1) is 0 Å². The van der Waals surface area contributed by atoms with Crippen LogP contribution in [0.1, 0.15) is 6.92 Å². The van der Waals surface area contributed by atoms with Gasteiger partial charge in [0.15, 0.2) is 0 Å². The van der Waals surface area contributed by atoms with E-state index in [0.29, 0.717) is 18.8 Å². The van der Waals surface area contributed by atoms with Gasteiger partial charge in [-0.2, -0.15) is 4.31 Å². The maximum Gasteiger partial charge on any atom is 0.246 e. The maximum absolute atomic E-state index is 13.9. The molecule has 29 heavy (non-hydrogen) atoms. The van der Waals surface area contributed by atoms with Crippen LogP contribution in [0, 0.1) is 11.6 Å². The summed E-state index contributed by atoms with van der Waals surface area (Å²) in [5.74, 6) is -1.64. The van der Waals surface area contributed by atoms with Crippen LogP contribution < -0.4 is 5.32 Å². The van der Waals surface area contributed by atoms with Crippen molar-refractivity contribution in [1.82, 2.24) is 9.21 Å². The lowest BCUT2D eigenvalue weighted by Gasteiger charge is -2.36. The second-order valence-corrected chi connectivity index (χ2v) is 8.97. The van der Waals surface area contributed by atoms with Crippen LogP contribution in [0.5, 0.6) is 0 Å². The Bertz CT molecular complexity index is 1010. The van der Waals surface area contributed by atoms with Gasteiger partial charge >= 0.3 is 0 Å². The minimum Gasteiger partial charge on any atom is -0.323 e. The van der Waals surface area contributed by atoms with Crippen molar-refractivity contribution in [1.29, 1.82) is 0 Å². The van der Waals surface area contributed by atoms with Crippen molar-refractivity contribution in [3.8, 4) is 0 Å². The number of rotatable bonds is 5. The monoisotopic (exact) mass is 443 g/mol. The molecule has 0 saturated carbocycles. The molecule has 0 spiro atoms. The second-order valence-electron chi connectivity index (χ2n) is 6.66. The SMILES string of the molecule is CC(C(=O)Nc1ccc(F)cc1Cl)N1CCN(S(=O)(=O)c2ccccc2F)CC1. The Hall–Kier alpha value is -2.07. The van der Waals surface area contributed by atoms with Crippen molar-refractivity contribution in [2.45, 2.75) is 17.9 Å². The van der Waals surface area contributed by atoms with E-state index in [2.05, 4.69) is 5.32 Å². The molecule has 10 heteroatoms. The summed E-state index contributed by atoms with van der Waals surface area (Å²) >= 11 is 5.93. The quantitative estimate of drug-likeness (QED) is 0.771. The first kappa shape index (κ1) is 21.6. The predicted molar refractivity (Wildman–Crippen MR) is 106 cm³/mol. The van der Waals surface area contributed by atoms with E-state index in [0.717, 1.165) is 12.1 Å². The van der Waals surface area contributed by atoms with Gasteiger partial charge in [-0.3, -0.25) is 9.69 Å². The molecular formula is C19H20ClF2N3O3S. The third-order valence-corrected chi connectivity index (χ3v) is 7.09. The van der Waals surface area contributed by atoms with Crippen LogP contribution in [0.15, 0.2) is 47.4 Å². The lowest BCUT2D eigenvalue weighted by atomic mass is 10.2. The number of piperazine rings is 1. The molecule has 2 aromatic rings. The fraction of sp³-hybridized carbons (Fsp3) is 0.316. The molecule has 0 aliphatic carbocycles. The smallest absolute Gasteiger partial charge is 0.246 e. The molecule has 0 aromatic heterocycles. The van der Waals surface area contributed by atoms with Crippen LogP contribution in [-0.4, -0.2) is 55.8 Å². The highest BCUT2D eigenvalue weighted by atomic mass is 35.5. The fourth-order valence-electron chi connectivity index (χ4n) is 3.12. The Morgan fingerprint density at radius 3 is 2.38 bits per heavy atom. The van der Waals surface area contributed by atoms with Crippen molar-refractivity contribution >= 4 is 33.2 Å². The average Bonchev–Trinajstić information content (AvgIpc) is 2.69. The first-order chi connectivity index (χ1) is 13.7. The number of carbonyl (C=O) groups excluding carboxylic acids is 1. The molecule has 1 amide bonds. The van der Waals surface area contributed by atoms with Gasteiger partial charge in [0, 0.05) is 26.2 Å². The van der Waals surface area contributed by atoms with E-state index in [1.807, 2.05) is 4.90 Å². The zero-order valence-corrected chi connectivity index (χ0v) is 17.2. The van der Waals surface area contributed by atoms with Crippen LogP contribution in [-0.2, 0) is 14.8 Å². The van der Waals surface area contributed by atoms with Crippen molar-refractivity contribution < 1.29 is 22.0 Å². The molecule has 3 rings (SSSR count). The normalized spacial score (nSPS) is 17.1. The molecule has 6 nitrogen and oxygen atoms in total. The van der Waals surface area contributed by atoms with Crippen molar-refractivity contribution in [3.05, 3.63) is 59.1 Å². The van der Waals surface area contributed by atoms with E-state index in [9.17, 15) is 22.0 Å². The molecule has 1 fully saturated rings. The molecule has 1 heterocycles. The second kappa shape index (κ2) is 8.74. The van der Waals surface area contributed by atoms with Gasteiger partial charge in [-0.1, -0.05) is 23.7 Å². The number of hydrogen-bond donors (Lipinski definition) is 1. The highest BCUT2D eigenvalue weighted by molar-refractivity contribution is 7.89. The van der Waals surface area contributed by atoms with Crippen LogP contribution in [0.3, 0.4) is 0 Å². The lowest BCUT2D eigenvalue weighted by molar-refractivity contribution is -0.121.